The fourth-order valence-corrected chi connectivity index (χ4v) is 0.491. The summed E-state index contributed by atoms with van der Waals surface area (Å²) in [5.41, 5.74) is 0. The van der Waals surface area contributed by atoms with Crippen LogP contribution in [0.25, 0.3) is 0 Å². The molecule has 0 amide bonds. The summed E-state index contributed by atoms with van der Waals surface area (Å²) in [5, 5.41) is 8.41. The van der Waals surface area contributed by atoms with Crippen LogP contribution in [-0.2, 0) is 4.74 Å². The second-order valence-corrected chi connectivity index (χ2v) is 1.99. The van der Waals surface area contributed by atoms with Crippen LogP contribution in [0, 0.1) is 0 Å². The second-order valence-electron chi connectivity index (χ2n) is 1.99. The Kier molecular flexibility index (Phi) is 15.1. The van der Waals surface area contributed by atoms with Gasteiger partial charge in [0.15, 0.2) is 0 Å². The van der Waals surface area contributed by atoms with E-state index in [-0.39, 0.29) is 6.61 Å². The van der Waals surface area contributed by atoms with Gasteiger partial charge in [-0.3, -0.25) is 0 Å². The summed E-state index contributed by atoms with van der Waals surface area (Å²) in [6.07, 6.45) is 5.77. The van der Waals surface area contributed by atoms with E-state index in [1.165, 1.54) is 0 Å². The van der Waals surface area contributed by atoms with Crippen LogP contribution in [0.15, 0.2) is 37.1 Å². The quantitative estimate of drug-likeness (QED) is 0.390. The first-order valence-electron chi connectivity index (χ1n) is 4.53. The minimum Gasteiger partial charge on any atom is -0.494 e. The molecule has 0 heterocycles. The van der Waals surface area contributed by atoms with Crippen molar-refractivity contribution in [1.82, 2.24) is 0 Å². The van der Waals surface area contributed by atoms with Gasteiger partial charge in [-0.25, -0.2) is 0 Å². The molecule has 13 heavy (non-hydrogen) atoms. The van der Waals surface area contributed by atoms with Gasteiger partial charge in [0.25, 0.3) is 0 Å². The predicted molar refractivity (Wildman–Crippen MR) is 57.5 cm³/mol. The molecule has 0 fully saturated rings. The van der Waals surface area contributed by atoms with Gasteiger partial charge in [-0.15, -0.1) is 0 Å². The summed E-state index contributed by atoms with van der Waals surface area (Å²) in [6, 6.07) is 0. The van der Waals surface area contributed by atoms with E-state index in [0.717, 1.165) is 0 Å². The predicted octanol–water partition coefficient (Wildman–Crippen LogP) is 2.67. The molecular formula is C11H20O2. The molecule has 0 atom stereocenters. The lowest BCUT2D eigenvalue weighted by molar-refractivity contribution is 0.185. The molecule has 2 heteroatoms. The monoisotopic (exact) mass is 184 g/mol. The number of rotatable bonds is 6. The van der Waals surface area contributed by atoms with Crippen LogP contribution in [-0.4, -0.2) is 18.3 Å². The molecule has 2 nitrogen and oxygen atoms in total. The Bertz CT molecular complexity index is 148. The minimum atomic E-state index is 0.151. The van der Waals surface area contributed by atoms with Crippen molar-refractivity contribution >= 4 is 0 Å². The number of aliphatic hydroxyl groups excluding tert-OH is 1. The maximum Gasteiger partial charge on any atom is 0.112 e. The SMILES string of the molecule is C=C/C=C\C(=C)OCCCO.CC. The Morgan fingerprint density at radius 3 is 2.54 bits per heavy atom. The Morgan fingerprint density at radius 1 is 1.46 bits per heavy atom. The third kappa shape index (κ3) is 13.9. The molecule has 0 bridgehead atoms. The van der Waals surface area contributed by atoms with E-state index in [0.29, 0.717) is 18.8 Å². The van der Waals surface area contributed by atoms with E-state index in [1.54, 1.807) is 18.2 Å². The number of allylic oxidation sites excluding steroid dienone is 3. The highest BCUT2D eigenvalue weighted by molar-refractivity contribution is 5.12. The van der Waals surface area contributed by atoms with Crippen molar-refractivity contribution in [2.24, 2.45) is 0 Å². The van der Waals surface area contributed by atoms with Crippen LogP contribution in [0.2, 0.25) is 0 Å². The third-order valence-corrected chi connectivity index (χ3v) is 1.01. The fourth-order valence-electron chi connectivity index (χ4n) is 0.491. The molecule has 0 rings (SSSR count). The Hall–Kier alpha value is -1.02. The molecule has 0 aromatic rings. The van der Waals surface area contributed by atoms with Crippen LogP contribution < -0.4 is 0 Å². The average molecular weight is 184 g/mol. The fraction of sp³-hybridized carbons (Fsp3) is 0.455. The van der Waals surface area contributed by atoms with Gasteiger partial charge in [0.2, 0.25) is 0 Å². The molecule has 0 unspecified atom stereocenters. The summed E-state index contributed by atoms with van der Waals surface area (Å²) in [5.74, 6) is 0.596. The third-order valence-electron chi connectivity index (χ3n) is 1.01. The van der Waals surface area contributed by atoms with Gasteiger partial charge >= 0.3 is 0 Å². The van der Waals surface area contributed by atoms with E-state index < -0.39 is 0 Å². The highest BCUT2D eigenvalue weighted by Gasteiger charge is 1.87. The maximum atomic E-state index is 8.41. The number of hydrogen-bond acceptors (Lipinski definition) is 2. The van der Waals surface area contributed by atoms with Gasteiger partial charge in [0.1, 0.15) is 5.76 Å². The lowest BCUT2D eigenvalue weighted by Crippen LogP contribution is -1.94. The van der Waals surface area contributed by atoms with E-state index >= 15 is 0 Å². The molecule has 0 aliphatic heterocycles. The summed E-state index contributed by atoms with van der Waals surface area (Å²) >= 11 is 0. The smallest absolute Gasteiger partial charge is 0.112 e. The van der Waals surface area contributed by atoms with Crippen LogP contribution in [0.5, 0.6) is 0 Å². The van der Waals surface area contributed by atoms with Gasteiger partial charge in [-0.05, 0) is 6.08 Å². The van der Waals surface area contributed by atoms with Crippen molar-refractivity contribution in [2.45, 2.75) is 20.3 Å². The van der Waals surface area contributed by atoms with E-state index in [2.05, 4.69) is 13.2 Å². The molecule has 0 aromatic heterocycles. The van der Waals surface area contributed by atoms with E-state index in [1.807, 2.05) is 13.8 Å². The normalized spacial score (nSPS) is 8.85. The number of hydrogen-bond donors (Lipinski definition) is 1. The van der Waals surface area contributed by atoms with Gasteiger partial charge in [-0.2, -0.15) is 0 Å². The van der Waals surface area contributed by atoms with Crippen molar-refractivity contribution in [2.75, 3.05) is 13.2 Å². The van der Waals surface area contributed by atoms with Crippen molar-refractivity contribution < 1.29 is 9.84 Å². The summed E-state index contributed by atoms with van der Waals surface area (Å²) in [6.45, 7) is 11.8. The zero-order valence-corrected chi connectivity index (χ0v) is 8.62. The first-order valence-corrected chi connectivity index (χ1v) is 4.53. The summed E-state index contributed by atoms with van der Waals surface area (Å²) in [4.78, 5) is 0. The lowest BCUT2D eigenvalue weighted by atomic mass is 10.4. The maximum absolute atomic E-state index is 8.41. The summed E-state index contributed by atoms with van der Waals surface area (Å²) in [7, 11) is 0. The van der Waals surface area contributed by atoms with Crippen LogP contribution in [0.1, 0.15) is 20.3 Å². The molecular weight excluding hydrogens is 164 g/mol. The molecule has 1 N–H and O–H groups in total. The molecule has 0 saturated carbocycles. The standard InChI is InChI=1S/C9H14O2.C2H6/c1-3-4-6-9(2)11-8-5-7-10;1-2/h3-4,6,10H,1-2,5,7-8H2;1-2H3/b6-4-;. The van der Waals surface area contributed by atoms with Gasteiger partial charge in [0, 0.05) is 13.0 Å². The molecule has 0 aliphatic rings. The largest absolute Gasteiger partial charge is 0.494 e. The molecule has 76 valence electrons. The number of aliphatic hydroxyl groups is 1. The highest BCUT2D eigenvalue weighted by atomic mass is 16.5. The Balaban J connectivity index is 0. The molecule has 0 radical (unpaired) electrons. The van der Waals surface area contributed by atoms with Crippen LogP contribution in [0.4, 0.5) is 0 Å². The topological polar surface area (TPSA) is 29.5 Å². The van der Waals surface area contributed by atoms with Crippen LogP contribution >= 0.6 is 0 Å². The number of ether oxygens (including phenoxy) is 1. The molecule has 0 aliphatic carbocycles. The lowest BCUT2D eigenvalue weighted by Gasteiger charge is -2.02. The zero-order chi connectivity index (χ0) is 10.5. The van der Waals surface area contributed by atoms with Crippen molar-refractivity contribution in [3.8, 4) is 0 Å². The Morgan fingerprint density at radius 2 is 2.08 bits per heavy atom. The Labute approximate surface area is 81.2 Å². The summed E-state index contributed by atoms with van der Waals surface area (Å²) < 4.78 is 5.10. The van der Waals surface area contributed by atoms with Crippen molar-refractivity contribution in [1.29, 1.82) is 0 Å². The van der Waals surface area contributed by atoms with Gasteiger partial charge in [-0.1, -0.05) is 39.2 Å². The molecule has 0 saturated heterocycles. The average Bonchev–Trinajstić information content (AvgIpc) is 2.18. The van der Waals surface area contributed by atoms with Crippen molar-refractivity contribution in [3.63, 3.8) is 0 Å². The van der Waals surface area contributed by atoms with Crippen LogP contribution in [0.3, 0.4) is 0 Å². The van der Waals surface area contributed by atoms with E-state index in [4.69, 9.17) is 9.84 Å². The second kappa shape index (κ2) is 13.6. The first kappa shape index (κ1) is 14.5. The minimum absolute atomic E-state index is 0.151. The first-order chi connectivity index (χ1) is 6.31. The van der Waals surface area contributed by atoms with E-state index in [9.17, 15) is 0 Å². The highest BCUT2D eigenvalue weighted by Crippen LogP contribution is 1.96. The van der Waals surface area contributed by atoms with Crippen molar-refractivity contribution in [3.05, 3.63) is 37.1 Å². The molecule has 0 aromatic carbocycles. The van der Waals surface area contributed by atoms with Gasteiger partial charge < -0.3 is 9.84 Å². The molecule has 0 spiro atoms. The van der Waals surface area contributed by atoms with Gasteiger partial charge in [0.05, 0.1) is 6.61 Å². The zero-order valence-electron chi connectivity index (χ0n) is 8.62.